The van der Waals surface area contributed by atoms with Gasteiger partial charge in [-0.1, -0.05) is 0 Å². The van der Waals surface area contributed by atoms with Gasteiger partial charge < -0.3 is 9.47 Å². The SMILES string of the molecule is COc1cc(F)c(S(=O)(=O)NC2CCc3c(cnc4[nH]ncc34)C2)cc1OC. The van der Waals surface area contributed by atoms with E-state index in [2.05, 4.69) is 19.9 Å². The van der Waals surface area contributed by atoms with Crippen LogP contribution < -0.4 is 14.2 Å². The van der Waals surface area contributed by atoms with E-state index in [1.54, 1.807) is 12.4 Å². The van der Waals surface area contributed by atoms with Gasteiger partial charge in [0.1, 0.15) is 10.7 Å². The molecule has 0 bridgehead atoms. The third kappa shape index (κ3) is 3.18. The van der Waals surface area contributed by atoms with E-state index in [0.717, 1.165) is 28.6 Å². The topological polar surface area (TPSA) is 106 Å². The van der Waals surface area contributed by atoms with Crippen LogP contribution in [0.4, 0.5) is 4.39 Å². The Bertz CT molecular complexity index is 1150. The molecule has 1 aliphatic carbocycles. The largest absolute Gasteiger partial charge is 0.493 e. The minimum atomic E-state index is -4.08. The molecule has 2 N–H and O–H groups in total. The summed E-state index contributed by atoms with van der Waals surface area (Å²) in [7, 11) is -1.36. The molecule has 10 heteroatoms. The van der Waals surface area contributed by atoms with E-state index < -0.39 is 20.7 Å². The van der Waals surface area contributed by atoms with Crippen molar-refractivity contribution in [3.8, 4) is 11.5 Å². The average Bonchev–Trinajstić information content (AvgIpc) is 3.16. The Morgan fingerprint density at radius 2 is 1.96 bits per heavy atom. The van der Waals surface area contributed by atoms with Crippen LogP contribution in [0, 0.1) is 5.82 Å². The van der Waals surface area contributed by atoms with Gasteiger partial charge in [0.2, 0.25) is 10.0 Å². The van der Waals surface area contributed by atoms with Crippen LogP contribution >= 0.6 is 0 Å². The van der Waals surface area contributed by atoms with Gasteiger partial charge in [-0.05, 0) is 30.4 Å². The molecule has 2 aromatic heterocycles. The van der Waals surface area contributed by atoms with Crippen LogP contribution in [-0.4, -0.2) is 43.9 Å². The number of aryl methyl sites for hydroxylation is 1. The predicted octanol–water partition coefficient (Wildman–Crippen LogP) is 1.95. The van der Waals surface area contributed by atoms with Gasteiger partial charge in [0.15, 0.2) is 17.1 Å². The molecule has 3 aromatic rings. The van der Waals surface area contributed by atoms with Crippen LogP contribution in [0.25, 0.3) is 11.0 Å². The molecule has 0 amide bonds. The molecule has 0 fully saturated rings. The minimum absolute atomic E-state index is 0.126. The zero-order chi connectivity index (χ0) is 19.9. The van der Waals surface area contributed by atoms with E-state index in [1.807, 2.05) is 0 Å². The summed E-state index contributed by atoms with van der Waals surface area (Å²) in [4.78, 5) is 3.84. The first-order chi connectivity index (χ1) is 13.4. The summed E-state index contributed by atoms with van der Waals surface area (Å²) >= 11 is 0. The normalized spacial score (nSPS) is 16.8. The minimum Gasteiger partial charge on any atom is -0.493 e. The first kappa shape index (κ1) is 18.6. The number of halogens is 1. The number of hydrogen-bond acceptors (Lipinski definition) is 6. The van der Waals surface area contributed by atoms with Gasteiger partial charge in [0, 0.05) is 29.8 Å². The zero-order valence-corrected chi connectivity index (χ0v) is 16.1. The van der Waals surface area contributed by atoms with Crippen LogP contribution in [0.2, 0.25) is 0 Å². The number of benzene rings is 1. The highest BCUT2D eigenvalue weighted by molar-refractivity contribution is 7.89. The summed E-state index contributed by atoms with van der Waals surface area (Å²) in [6, 6.07) is 1.77. The number of fused-ring (bicyclic) bond motifs is 3. The number of ether oxygens (including phenoxy) is 2. The molecule has 1 aliphatic rings. The van der Waals surface area contributed by atoms with Crippen molar-refractivity contribution in [3.05, 3.63) is 41.5 Å². The maximum absolute atomic E-state index is 14.4. The van der Waals surface area contributed by atoms with Crippen molar-refractivity contribution in [3.63, 3.8) is 0 Å². The van der Waals surface area contributed by atoms with E-state index >= 15 is 0 Å². The Morgan fingerprint density at radius 3 is 2.71 bits per heavy atom. The van der Waals surface area contributed by atoms with Gasteiger partial charge in [0.05, 0.1) is 20.4 Å². The monoisotopic (exact) mass is 406 g/mol. The van der Waals surface area contributed by atoms with Gasteiger partial charge in [-0.3, -0.25) is 5.10 Å². The van der Waals surface area contributed by atoms with E-state index in [9.17, 15) is 12.8 Å². The lowest BCUT2D eigenvalue weighted by atomic mass is 9.88. The Labute approximate surface area is 161 Å². The number of nitrogens with zero attached hydrogens (tertiary/aromatic N) is 2. The fraction of sp³-hybridized carbons (Fsp3) is 0.333. The van der Waals surface area contributed by atoms with Crippen LogP contribution in [0.5, 0.6) is 11.5 Å². The molecule has 148 valence electrons. The number of nitrogens with one attached hydrogen (secondary N) is 2. The molecule has 0 spiro atoms. The quantitative estimate of drug-likeness (QED) is 0.671. The molecule has 2 heterocycles. The first-order valence-corrected chi connectivity index (χ1v) is 10.1. The molecule has 8 nitrogen and oxygen atoms in total. The van der Waals surface area contributed by atoms with Crippen molar-refractivity contribution in [1.29, 1.82) is 0 Å². The smallest absolute Gasteiger partial charge is 0.243 e. The van der Waals surface area contributed by atoms with E-state index in [0.29, 0.717) is 24.9 Å². The summed E-state index contributed by atoms with van der Waals surface area (Å²) in [6.07, 6.45) is 5.19. The number of H-pyrrole nitrogens is 1. The average molecular weight is 406 g/mol. The Hall–Kier alpha value is -2.72. The number of aromatic amines is 1. The zero-order valence-electron chi connectivity index (χ0n) is 15.3. The molecular formula is C18H19FN4O4S. The second-order valence-corrected chi connectivity index (χ2v) is 8.28. The fourth-order valence-corrected chi connectivity index (χ4v) is 4.92. The fourth-order valence-electron chi connectivity index (χ4n) is 3.57. The Balaban J connectivity index is 1.60. The second-order valence-electron chi connectivity index (χ2n) is 6.59. The number of rotatable bonds is 5. The lowest BCUT2D eigenvalue weighted by Crippen LogP contribution is -2.39. The van der Waals surface area contributed by atoms with Crippen LogP contribution in [0.1, 0.15) is 17.5 Å². The van der Waals surface area contributed by atoms with E-state index in [1.165, 1.54) is 14.2 Å². The van der Waals surface area contributed by atoms with Crippen molar-refractivity contribution in [1.82, 2.24) is 19.9 Å². The molecule has 28 heavy (non-hydrogen) atoms. The third-order valence-corrected chi connectivity index (χ3v) is 6.48. The van der Waals surface area contributed by atoms with Gasteiger partial charge in [-0.15, -0.1) is 0 Å². The number of aromatic nitrogens is 3. The van der Waals surface area contributed by atoms with Gasteiger partial charge >= 0.3 is 0 Å². The van der Waals surface area contributed by atoms with Gasteiger partial charge in [-0.2, -0.15) is 5.10 Å². The summed E-state index contributed by atoms with van der Waals surface area (Å²) in [6.45, 7) is 0. The molecule has 1 unspecified atom stereocenters. The van der Waals surface area contributed by atoms with Crippen molar-refractivity contribution in [2.75, 3.05) is 14.2 Å². The molecular weight excluding hydrogens is 387 g/mol. The maximum Gasteiger partial charge on any atom is 0.243 e. The van der Waals surface area contributed by atoms with Crippen LogP contribution in [0.15, 0.2) is 29.4 Å². The number of pyridine rings is 1. The van der Waals surface area contributed by atoms with Crippen LogP contribution in [0.3, 0.4) is 0 Å². The van der Waals surface area contributed by atoms with Crippen LogP contribution in [-0.2, 0) is 22.9 Å². The lowest BCUT2D eigenvalue weighted by Gasteiger charge is -2.25. The molecule has 0 saturated carbocycles. The molecule has 0 radical (unpaired) electrons. The molecule has 1 atom stereocenters. The first-order valence-electron chi connectivity index (χ1n) is 8.66. The summed E-state index contributed by atoms with van der Waals surface area (Å²) in [5.74, 6) is -0.631. The lowest BCUT2D eigenvalue weighted by molar-refractivity contribution is 0.350. The summed E-state index contributed by atoms with van der Waals surface area (Å²) in [5.41, 5.74) is 2.79. The highest BCUT2D eigenvalue weighted by Crippen LogP contribution is 2.33. The Morgan fingerprint density at radius 1 is 1.21 bits per heavy atom. The summed E-state index contributed by atoms with van der Waals surface area (Å²) < 4.78 is 52.7. The second kappa shape index (κ2) is 7.02. The summed E-state index contributed by atoms with van der Waals surface area (Å²) in [5, 5.41) is 7.78. The van der Waals surface area contributed by atoms with Crippen molar-refractivity contribution in [2.45, 2.75) is 30.2 Å². The number of hydrogen-bond donors (Lipinski definition) is 2. The van der Waals surface area contributed by atoms with Gasteiger partial charge in [0.25, 0.3) is 0 Å². The highest BCUT2D eigenvalue weighted by atomic mass is 32.2. The van der Waals surface area contributed by atoms with Crippen molar-refractivity contribution in [2.24, 2.45) is 0 Å². The van der Waals surface area contributed by atoms with E-state index in [4.69, 9.17) is 9.47 Å². The molecule has 0 aliphatic heterocycles. The number of sulfonamides is 1. The standard InChI is InChI=1S/C18H19FN4O4S/c1-26-15-6-14(19)17(7-16(15)27-2)28(24,25)23-11-3-4-12-10(5-11)8-20-18-13(12)9-21-22-18/h6-9,11,23H,3-5H2,1-2H3,(H,20,21,22). The highest BCUT2D eigenvalue weighted by Gasteiger charge is 2.29. The van der Waals surface area contributed by atoms with Crippen molar-refractivity contribution >= 4 is 21.1 Å². The van der Waals surface area contributed by atoms with Crippen molar-refractivity contribution < 1.29 is 22.3 Å². The predicted molar refractivity (Wildman–Crippen MR) is 99.5 cm³/mol. The molecule has 0 saturated heterocycles. The third-order valence-electron chi connectivity index (χ3n) is 4.94. The molecule has 4 rings (SSSR count). The van der Waals surface area contributed by atoms with E-state index in [-0.39, 0.29) is 17.5 Å². The number of methoxy groups -OCH3 is 2. The van der Waals surface area contributed by atoms with Gasteiger partial charge in [-0.25, -0.2) is 22.5 Å². The Kier molecular flexibility index (Phi) is 4.68. The maximum atomic E-state index is 14.4. The molecule has 1 aromatic carbocycles.